The molecule has 14 heavy (non-hydrogen) atoms. The Bertz CT molecular complexity index is 438. The maximum Gasteiger partial charge on any atom is 0.330 e. The standard InChI is InChI=1S/C10H14N2O2/c1-11-9(13)6-7-12(10(11)14)8-4-2-3-5-8/h6-8H,2-5H2,1H3. The van der Waals surface area contributed by atoms with Gasteiger partial charge in [0.1, 0.15) is 0 Å². The molecule has 0 atom stereocenters. The molecule has 1 aromatic rings. The molecule has 0 aliphatic heterocycles. The van der Waals surface area contributed by atoms with Gasteiger partial charge < -0.3 is 0 Å². The van der Waals surface area contributed by atoms with E-state index in [1.54, 1.807) is 10.8 Å². The molecule has 0 saturated heterocycles. The van der Waals surface area contributed by atoms with Gasteiger partial charge in [-0.1, -0.05) is 12.8 Å². The Morgan fingerprint density at radius 2 is 1.93 bits per heavy atom. The Morgan fingerprint density at radius 1 is 1.29 bits per heavy atom. The van der Waals surface area contributed by atoms with Gasteiger partial charge in [0, 0.05) is 25.4 Å². The average Bonchev–Trinajstić information content (AvgIpc) is 2.67. The summed E-state index contributed by atoms with van der Waals surface area (Å²) in [5.41, 5.74) is -0.423. The maximum atomic E-state index is 11.7. The number of hydrogen-bond acceptors (Lipinski definition) is 2. The van der Waals surface area contributed by atoms with E-state index in [4.69, 9.17) is 0 Å². The van der Waals surface area contributed by atoms with Crippen LogP contribution >= 0.6 is 0 Å². The molecule has 1 heterocycles. The molecule has 76 valence electrons. The second-order valence-corrected chi connectivity index (χ2v) is 3.84. The van der Waals surface area contributed by atoms with E-state index in [1.807, 2.05) is 0 Å². The molecule has 1 fully saturated rings. The van der Waals surface area contributed by atoms with Crippen LogP contribution in [-0.2, 0) is 7.05 Å². The Kier molecular flexibility index (Phi) is 2.27. The third-order valence-electron chi connectivity index (χ3n) is 2.93. The third kappa shape index (κ3) is 1.41. The predicted octanol–water partition coefficient (Wildman–Crippen LogP) is 0.662. The van der Waals surface area contributed by atoms with Crippen LogP contribution in [-0.4, -0.2) is 9.13 Å². The first-order valence-corrected chi connectivity index (χ1v) is 4.98. The molecule has 4 nitrogen and oxygen atoms in total. The monoisotopic (exact) mass is 194 g/mol. The van der Waals surface area contributed by atoms with Crippen molar-refractivity contribution in [2.24, 2.45) is 7.05 Å². The van der Waals surface area contributed by atoms with Crippen LogP contribution in [0.25, 0.3) is 0 Å². The number of rotatable bonds is 1. The van der Waals surface area contributed by atoms with Crippen molar-refractivity contribution in [3.63, 3.8) is 0 Å². The first-order chi connectivity index (χ1) is 6.70. The highest BCUT2D eigenvalue weighted by Crippen LogP contribution is 2.27. The molecular formula is C10H14N2O2. The summed E-state index contributed by atoms with van der Waals surface area (Å²) in [4.78, 5) is 22.9. The summed E-state index contributed by atoms with van der Waals surface area (Å²) in [5, 5.41) is 0. The van der Waals surface area contributed by atoms with Crippen molar-refractivity contribution in [3.8, 4) is 0 Å². The lowest BCUT2D eigenvalue weighted by Gasteiger charge is -2.13. The molecule has 2 rings (SSSR count). The zero-order chi connectivity index (χ0) is 10.1. The zero-order valence-electron chi connectivity index (χ0n) is 8.27. The number of nitrogens with zero attached hydrogens (tertiary/aromatic N) is 2. The molecule has 0 radical (unpaired) electrons. The van der Waals surface area contributed by atoms with E-state index < -0.39 is 0 Å². The lowest BCUT2D eigenvalue weighted by Crippen LogP contribution is -2.38. The Labute approximate surface area is 81.8 Å². The maximum absolute atomic E-state index is 11.7. The summed E-state index contributed by atoms with van der Waals surface area (Å²) in [5.74, 6) is 0. The summed E-state index contributed by atoms with van der Waals surface area (Å²) in [7, 11) is 1.52. The molecule has 1 aromatic heterocycles. The van der Waals surface area contributed by atoms with Crippen LogP contribution in [0.1, 0.15) is 31.7 Å². The first-order valence-electron chi connectivity index (χ1n) is 4.98. The molecule has 0 spiro atoms. The number of aromatic nitrogens is 2. The minimum atomic E-state index is -0.232. The summed E-state index contributed by atoms with van der Waals surface area (Å²) in [6.45, 7) is 0. The second-order valence-electron chi connectivity index (χ2n) is 3.84. The smallest absolute Gasteiger partial charge is 0.297 e. The van der Waals surface area contributed by atoms with Crippen LogP contribution in [0.15, 0.2) is 21.9 Å². The van der Waals surface area contributed by atoms with Crippen LogP contribution in [0.4, 0.5) is 0 Å². The van der Waals surface area contributed by atoms with Gasteiger partial charge in [-0.3, -0.25) is 13.9 Å². The summed E-state index contributed by atoms with van der Waals surface area (Å²) in [6, 6.07) is 1.76. The summed E-state index contributed by atoms with van der Waals surface area (Å²) < 4.78 is 2.85. The van der Waals surface area contributed by atoms with Crippen molar-refractivity contribution >= 4 is 0 Å². The van der Waals surface area contributed by atoms with Crippen LogP contribution in [0.5, 0.6) is 0 Å². The van der Waals surface area contributed by atoms with Crippen LogP contribution in [0.3, 0.4) is 0 Å². The number of hydrogen-bond donors (Lipinski definition) is 0. The van der Waals surface area contributed by atoms with E-state index in [0.717, 1.165) is 12.8 Å². The van der Waals surface area contributed by atoms with Crippen molar-refractivity contribution in [1.82, 2.24) is 9.13 Å². The fraction of sp³-hybridized carbons (Fsp3) is 0.600. The highest BCUT2D eigenvalue weighted by molar-refractivity contribution is 4.89. The van der Waals surface area contributed by atoms with Crippen molar-refractivity contribution in [2.75, 3.05) is 0 Å². The van der Waals surface area contributed by atoms with E-state index in [2.05, 4.69) is 0 Å². The topological polar surface area (TPSA) is 44.0 Å². The first kappa shape index (κ1) is 9.24. The molecule has 1 aliphatic carbocycles. The van der Waals surface area contributed by atoms with Crippen LogP contribution in [0, 0.1) is 0 Å². The van der Waals surface area contributed by atoms with Gasteiger partial charge in [0.15, 0.2) is 0 Å². The fourth-order valence-electron chi connectivity index (χ4n) is 2.05. The molecule has 1 saturated carbocycles. The Balaban J connectivity index is 2.49. The van der Waals surface area contributed by atoms with Gasteiger partial charge in [0.2, 0.25) is 0 Å². The largest absolute Gasteiger partial charge is 0.330 e. The van der Waals surface area contributed by atoms with Gasteiger partial charge in [-0.05, 0) is 12.8 Å². The lowest BCUT2D eigenvalue weighted by atomic mass is 10.2. The van der Waals surface area contributed by atoms with Crippen LogP contribution in [0.2, 0.25) is 0 Å². The van der Waals surface area contributed by atoms with Gasteiger partial charge in [0.05, 0.1) is 0 Å². The van der Waals surface area contributed by atoms with Crippen molar-refractivity contribution in [2.45, 2.75) is 31.7 Å². The van der Waals surface area contributed by atoms with Crippen molar-refractivity contribution in [3.05, 3.63) is 33.1 Å². The van der Waals surface area contributed by atoms with E-state index in [9.17, 15) is 9.59 Å². The average molecular weight is 194 g/mol. The second kappa shape index (κ2) is 3.44. The predicted molar refractivity (Wildman–Crippen MR) is 53.4 cm³/mol. The molecule has 0 amide bonds. The molecule has 1 aliphatic rings. The lowest BCUT2D eigenvalue weighted by molar-refractivity contribution is 0.473. The molecule has 0 N–H and O–H groups in total. The van der Waals surface area contributed by atoms with Gasteiger partial charge in [0.25, 0.3) is 5.56 Å². The summed E-state index contributed by atoms with van der Waals surface area (Å²) in [6.07, 6.45) is 6.09. The highest BCUT2D eigenvalue weighted by Gasteiger charge is 2.18. The summed E-state index contributed by atoms with van der Waals surface area (Å²) >= 11 is 0. The highest BCUT2D eigenvalue weighted by atomic mass is 16.2. The van der Waals surface area contributed by atoms with E-state index in [0.29, 0.717) is 6.04 Å². The third-order valence-corrected chi connectivity index (χ3v) is 2.93. The van der Waals surface area contributed by atoms with Gasteiger partial charge in [-0.2, -0.15) is 0 Å². The zero-order valence-corrected chi connectivity index (χ0v) is 8.27. The normalized spacial score (nSPS) is 17.5. The molecule has 0 aromatic carbocycles. The minimum absolute atomic E-state index is 0.190. The quantitative estimate of drug-likeness (QED) is 0.659. The van der Waals surface area contributed by atoms with Crippen molar-refractivity contribution < 1.29 is 0 Å². The minimum Gasteiger partial charge on any atom is -0.297 e. The SMILES string of the molecule is Cn1c(=O)ccn(C2CCCC2)c1=O. The molecule has 4 heteroatoms. The van der Waals surface area contributed by atoms with Crippen molar-refractivity contribution in [1.29, 1.82) is 0 Å². The van der Waals surface area contributed by atoms with E-state index in [-0.39, 0.29) is 11.2 Å². The molecule has 0 unspecified atom stereocenters. The van der Waals surface area contributed by atoms with Gasteiger partial charge >= 0.3 is 5.69 Å². The Morgan fingerprint density at radius 3 is 2.57 bits per heavy atom. The van der Waals surface area contributed by atoms with Gasteiger partial charge in [-0.15, -0.1) is 0 Å². The molecular weight excluding hydrogens is 180 g/mol. The van der Waals surface area contributed by atoms with E-state index >= 15 is 0 Å². The van der Waals surface area contributed by atoms with Crippen LogP contribution < -0.4 is 11.2 Å². The van der Waals surface area contributed by atoms with Gasteiger partial charge in [-0.25, -0.2) is 4.79 Å². The van der Waals surface area contributed by atoms with E-state index in [1.165, 1.54) is 30.5 Å². The Hall–Kier alpha value is -1.32. The fourth-order valence-corrected chi connectivity index (χ4v) is 2.05. The molecule has 0 bridgehead atoms.